The Morgan fingerprint density at radius 3 is 2.52 bits per heavy atom. The van der Waals surface area contributed by atoms with Crippen LogP contribution in [0.4, 0.5) is 0 Å². The molecule has 0 fully saturated rings. The molecule has 1 aromatic heterocycles. The summed E-state index contributed by atoms with van der Waals surface area (Å²) in [7, 11) is 0. The largest absolute Gasteiger partial charge is 0.481 e. The number of H-pyrrole nitrogens is 1. The summed E-state index contributed by atoms with van der Waals surface area (Å²) in [5.74, 6) is -1.78. The number of fused-ring (bicyclic) bond motifs is 1. The zero-order chi connectivity index (χ0) is 19.4. The number of hydrogen-bond acceptors (Lipinski definition) is 3. The first-order valence-electron chi connectivity index (χ1n) is 8.98. The highest BCUT2D eigenvalue weighted by atomic mass is 16.4. The number of aromatic nitrogens is 2. The zero-order valence-electron chi connectivity index (χ0n) is 15.4. The monoisotopic (exact) mass is 365 g/mol. The number of nitrogens with zero attached hydrogens (tertiary/aromatic N) is 1. The Morgan fingerprint density at radius 2 is 1.85 bits per heavy atom. The minimum Gasteiger partial charge on any atom is -0.481 e. The number of aliphatic carboxylic acids is 1. The Bertz CT molecular complexity index is 962. The second-order valence-electron chi connectivity index (χ2n) is 6.99. The molecule has 0 aliphatic rings. The standard InChI is InChI=1S/C21H23N3O3/c1-13(2)18-11-19(24-23-18)20(25)22-12-17(21(26)27)10-14-7-8-15-5-3-4-6-16(15)9-14/h3-9,11,13,17H,10,12H2,1-2H3,(H,22,25)(H,23,24)(H,26,27). The molecular formula is C21H23N3O3. The van der Waals surface area contributed by atoms with Crippen molar-refractivity contribution in [3.05, 3.63) is 65.5 Å². The van der Waals surface area contributed by atoms with E-state index in [-0.39, 0.29) is 24.1 Å². The van der Waals surface area contributed by atoms with Gasteiger partial charge in [-0.1, -0.05) is 56.3 Å². The van der Waals surface area contributed by atoms with Crippen LogP contribution in [-0.2, 0) is 11.2 Å². The molecule has 1 atom stereocenters. The summed E-state index contributed by atoms with van der Waals surface area (Å²) in [6.45, 7) is 4.04. The fourth-order valence-corrected chi connectivity index (χ4v) is 2.95. The molecule has 3 aromatic rings. The lowest BCUT2D eigenvalue weighted by Crippen LogP contribution is -2.34. The van der Waals surface area contributed by atoms with Crippen molar-refractivity contribution < 1.29 is 14.7 Å². The van der Waals surface area contributed by atoms with Gasteiger partial charge in [0, 0.05) is 12.2 Å². The summed E-state index contributed by atoms with van der Waals surface area (Å²) in [6.07, 6.45) is 0.345. The maximum Gasteiger partial charge on any atom is 0.308 e. The van der Waals surface area contributed by atoms with Gasteiger partial charge in [0.1, 0.15) is 5.69 Å². The number of carbonyl (C=O) groups excluding carboxylic acids is 1. The maximum absolute atomic E-state index is 12.2. The lowest BCUT2D eigenvalue weighted by atomic mass is 9.97. The topological polar surface area (TPSA) is 95.1 Å². The molecule has 3 N–H and O–H groups in total. The van der Waals surface area contributed by atoms with Crippen molar-refractivity contribution in [2.24, 2.45) is 5.92 Å². The molecule has 140 valence electrons. The van der Waals surface area contributed by atoms with Crippen LogP contribution in [0.2, 0.25) is 0 Å². The molecule has 1 unspecified atom stereocenters. The summed E-state index contributed by atoms with van der Waals surface area (Å²) in [6, 6.07) is 15.5. The van der Waals surface area contributed by atoms with Gasteiger partial charge in [-0.15, -0.1) is 0 Å². The van der Waals surface area contributed by atoms with Gasteiger partial charge in [-0.3, -0.25) is 14.7 Å². The highest BCUT2D eigenvalue weighted by Gasteiger charge is 2.20. The number of carboxylic acids is 1. The van der Waals surface area contributed by atoms with Crippen LogP contribution in [0.25, 0.3) is 10.8 Å². The minimum absolute atomic E-state index is 0.0465. The predicted molar refractivity (Wildman–Crippen MR) is 104 cm³/mol. The van der Waals surface area contributed by atoms with E-state index in [1.54, 1.807) is 6.07 Å². The highest BCUT2D eigenvalue weighted by Crippen LogP contribution is 2.18. The van der Waals surface area contributed by atoms with Crippen LogP contribution >= 0.6 is 0 Å². The molecule has 0 bridgehead atoms. The van der Waals surface area contributed by atoms with E-state index in [4.69, 9.17) is 0 Å². The molecule has 3 rings (SSSR count). The van der Waals surface area contributed by atoms with Gasteiger partial charge in [-0.2, -0.15) is 5.10 Å². The van der Waals surface area contributed by atoms with Crippen LogP contribution in [0.15, 0.2) is 48.5 Å². The van der Waals surface area contributed by atoms with Gasteiger partial charge in [0.05, 0.1) is 5.92 Å². The molecule has 0 saturated heterocycles. The SMILES string of the molecule is CC(C)c1cc(C(=O)NCC(Cc2ccc3ccccc3c2)C(=O)O)n[nH]1. The van der Waals surface area contributed by atoms with Gasteiger partial charge < -0.3 is 10.4 Å². The average molecular weight is 365 g/mol. The van der Waals surface area contributed by atoms with E-state index in [9.17, 15) is 14.7 Å². The number of rotatable bonds is 7. The predicted octanol–water partition coefficient (Wildman–Crippen LogP) is 3.36. The van der Waals surface area contributed by atoms with Crippen LogP contribution < -0.4 is 5.32 Å². The summed E-state index contributed by atoms with van der Waals surface area (Å²) in [4.78, 5) is 23.9. The Balaban J connectivity index is 1.66. The van der Waals surface area contributed by atoms with Crippen molar-refractivity contribution >= 4 is 22.6 Å². The van der Waals surface area contributed by atoms with E-state index in [2.05, 4.69) is 15.5 Å². The summed E-state index contributed by atoms with van der Waals surface area (Å²) in [5, 5.41) is 21.2. The Morgan fingerprint density at radius 1 is 1.11 bits per heavy atom. The van der Waals surface area contributed by atoms with E-state index in [1.165, 1.54) is 0 Å². The third-order valence-corrected chi connectivity index (χ3v) is 4.61. The lowest BCUT2D eigenvalue weighted by molar-refractivity contribution is -0.141. The average Bonchev–Trinajstić information content (AvgIpc) is 3.15. The molecule has 0 spiro atoms. The van der Waals surface area contributed by atoms with E-state index in [1.807, 2.05) is 56.3 Å². The van der Waals surface area contributed by atoms with Gasteiger partial charge in [0.2, 0.25) is 0 Å². The van der Waals surface area contributed by atoms with Gasteiger partial charge in [0.25, 0.3) is 5.91 Å². The van der Waals surface area contributed by atoms with Crippen LogP contribution in [-0.4, -0.2) is 33.7 Å². The number of aromatic amines is 1. The summed E-state index contributed by atoms with van der Waals surface area (Å²) < 4.78 is 0. The fourth-order valence-electron chi connectivity index (χ4n) is 2.95. The van der Waals surface area contributed by atoms with Gasteiger partial charge in [-0.25, -0.2) is 0 Å². The highest BCUT2D eigenvalue weighted by molar-refractivity contribution is 5.92. The molecule has 0 aliphatic heterocycles. The first kappa shape index (κ1) is 18.6. The fraction of sp³-hybridized carbons (Fsp3) is 0.286. The van der Waals surface area contributed by atoms with Crippen molar-refractivity contribution in [1.29, 1.82) is 0 Å². The molecule has 0 aliphatic carbocycles. The van der Waals surface area contributed by atoms with E-state index < -0.39 is 11.9 Å². The molecule has 27 heavy (non-hydrogen) atoms. The number of amides is 1. The molecule has 1 heterocycles. The van der Waals surface area contributed by atoms with E-state index in [0.717, 1.165) is 22.0 Å². The molecule has 6 nitrogen and oxygen atoms in total. The number of hydrogen-bond donors (Lipinski definition) is 3. The number of carbonyl (C=O) groups is 2. The van der Waals surface area contributed by atoms with Crippen molar-refractivity contribution in [3.8, 4) is 0 Å². The van der Waals surface area contributed by atoms with Crippen LogP contribution in [0.5, 0.6) is 0 Å². The normalized spacial score (nSPS) is 12.3. The minimum atomic E-state index is -0.937. The Kier molecular flexibility index (Phi) is 5.54. The number of carboxylic acid groups (broad SMARTS) is 1. The van der Waals surface area contributed by atoms with Gasteiger partial charge >= 0.3 is 5.97 Å². The molecular weight excluding hydrogens is 342 g/mol. The van der Waals surface area contributed by atoms with E-state index >= 15 is 0 Å². The summed E-state index contributed by atoms with van der Waals surface area (Å²) >= 11 is 0. The third kappa shape index (κ3) is 4.53. The smallest absolute Gasteiger partial charge is 0.308 e. The zero-order valence-corrected chi connectivity index (χ0v) is 15.4. The van der Waals surface area contributed by atoms with Gasteiger partial charge in [0.15, 0.2) is 0 Å². The van der Waals surface area contributed by atoms with Crippen molar-refractivity contribution in [1.82, 2.24) is 15.5 Å². The number of nitrogens with one attached hydrogen (secondary N) is 2. The molecule has 6 heteroatoms. The van der Waals surface area contributed by atoms with Gasteiger partial charge in [-0.05, 0) is 34.7 Å². The quantitative estimate of drug-likeness (QED) is 0.598. The second kappa shape index (κ2) is 8.03. The molecule has 0 radical (unpaired) electrons. The second-order valence-corrected chi connectivity index (χ2v) is 6.99. The van der Waals surface area contributed by atoms with E-state index in [0.29, 0.717) is 6.42 Å². The maximum atomic E-state index is 12.2. The van der Waals surface area contributed by atoms with Crippen LogP contribution in [0.1, 0.15) is 41.5 Å². The van der Waals surface area contributed by atoms with Crippen LogP contribution in [0.3, 0.4) is 0 Å². The summed E-state index contributed by atoms with van der Waals surface area (Å²) in [5.41, 5.74) is 2.07. The number of benzene rings is 2. The van der Waals surface area contributed by atoms with Crippen LogP contribution in [0, 0.1) is 5.92 Å². The Labute approximate surface area is 157 Å². The first-order valence-corrected chi connectivity index (χ1v) is 8.98. The lowest BCUT2D eigenvalue weighted by Gasteiger charge is -2.13. The first-order chi connectivity index (χ1) is 12.9. The molecule has 1 amide bonds. The third-order valence-electron chi connectivity index (χ3n) is 4.61. The van der Waals surface area contributed by atoms with Crippen molar-refractivity contribution in [2.45, 2.75) is 26.2 Å². The molecule has 2 aromatic carbocycles. The van der Waals surface area contributed by atoms with Crippen molar-refractivity contribution in [2.75, 3.05) is 6.54 Å². The Hall–Kier alpha value is -3.15. The van der Waals surface area contributed by atoms with Crippen molar-refractivity contribution in [3.63, 3.8) is 0 Å². The molecule has 0 saturated carbocycles.